The molecule has 3 rings (SSSR count). The summed E-state index contributed by atoms with van der Waals surface area (Å²) in [6.45, 7) is 0.120. The van der Waals surface area contributed by atoms with Gasteiger partial charge in [0, 0.05) is 22.3 Å². The molecule has 1 aliphatic rings. The van der Waals surface area contributed by atoms with Crippen molar-refractivity contribution in [1.29, 1.82) is 0 Å². The fraction of sp³-hybridized carbons (Fsp3) is 0.0625. The first-order valence-electron chi connectivity index (χ1n) is 7.02. The van der Waals surface area contributed by atoms with Gasteiger partial charge in [-0.15, -0.1) is 0 Å². The monoisotopic (exact) mass is 379 g/mol. The van der Waals surface area contributed by atoms with E-state index < -0.39 is 11.8 Å². The molecule has 0 radical (unpaired) electrons. The first-order valence-corrected chi connectivity index (χ1v) is 7.77. The van der Waals surface area contributed by atoms with Gasteiger partial charge in [-0.25, -0.2) is 5.43 Å². The molecular weight excluding hydrogens is 369 g/mol. The van der Waals surface area contributed by atoms with E-state index in [0.29, 0.717) is 32.8 Å². The molecule has 2 amide bonds. The quantitative estimate of drug-likeness (QED) is 0.487. The predicted octanol–water partition coefficient (Wildman–Crippen LogP) is 2.81. The average Bonchev–Trinajstić information content (AvgIpc) is 3.04. The van der Waals surface area contributed by atoms with Crippen LogP contribution in [0.15, 0.2) is 41.5 Å². The van der Waals surface area contributed by atoms with Crippen LogP contribution in [-0.4, -0.2) is 24.8 Å². The molecule has 7 nitrogen and oxygen atoms in total. The molecule has 1 aliphatic heterocycles. The fourth-order valence-electron chi connectivity index (χ4n) is 1.98. The van der Waals surface area contributed by atoms with E-state index in [1.807, 2.05) is 0 Å². The number of hydrogen-bond acceptors (Lipinski definition) is 5. The van der Waals surface area contributed by atoms with Crippen LogP contribution >= 0.6 is 23.2 Å². The van der Waals surface area contributed by atoms with Crippen LogP contribution in [0.5, 0.6) is 11.5 Å². The van der Waals surface area contributed by atoms with Crippen LogP contribution in [0.4, 0.5) is 5.69 Å². The highest BCUT2D eigenvalue weighted by Gasteiger charge is 2.17. The minimum Gasteiger partial charge on any atom is -0.454 e. The highest BCUT2D eigenvalue weighted by molar-refractivity contribution is 6.39. The molecule has 0 unspecified atom stereocenters. The summed E-state index contributed by atoms with van der Waals surface area (Å²) in [6.07, 6.45) is 1.31. The van der Waals surface area contributed by atoms with Gasteiger partial charge in [-0.05, 0) is 24.3 Å². The molecule has 2 aromatic carbocycles. The molecule has 0 fully saturated rings. The number of carbonyl (C=O) groups excluding carboxylic acids is 2. The van der Waals surface area contributed by atoms with Crippen molar-refractivity contribution in [3.05, 3.63) is 52.0 Å². The SMILES string of the molecule is O=C(N/N=C\c1ccc(Cl)cc1Cl)C(=O)Nc1ccc2c(c1)OCO2. The summed E-state index contributed by atoms with van der Waals surface area (Å²) >= 11 is 11.8. The lowest BCUT2D eigenvalue weighted by Crippen LogP contribution is -2.32. The molecule has 0 bridgehead atoms. The van der Waals surface area contributed by atoms with Crippen molar-refractivity contribution in [1.82, 2.24) is 5.43 Å². The third kappa shape index (κ3) is 4.20. The van der Waals surface area contributed by atoms with Crippen molar-refractivity contribution in [3.8, 4) is 11.5 Å². The van der Waals surface area contributed by atoms with Crippen LogP contribution in [0.3, 0.4) is 0 Å². The van der Waals surface area contributed by atoms with Crippen molar-refractivity contribution in [3.63, 3.8) is 0 Å². The Labute approximate surface area is 152 Å². The summed E-state index contributed by atoms with van der Waals surface area (Å²) in [6, 6.07) is 9.59. The Hall–Kier alpha value is -2.77. The second kappa shape index (κ2) is 7.42. The first kappa shape index (κ1) is 17.1. The van der Waals surface area contributed by atoms with E-state index in [4.69, 9.17) is 32.7 Å². The number of carbonyl (C=O) groups is 2. The molecule has 2 N–H and O–H groups in total. The Morgan fingerprint density at radius 1 is 1.04 bits per heavy atom. The molecule has 0 saturated carbocycles. The van der Waals surface area contributed by atoms with E-state index in [-0.39, 0.29) is 6.79 Å². The summed E-state index contributed by atoms with van der Waals surface area (Å²) in [7, 11) is 0. The lowest BCUT2D eigenvalue weighted by atomic mass is 10.2. The number of amides is 2. The van der Waals surface area contributed by atoms with Crippen molar-refractivity contribution >= 4 is 46.9 Å². The van der Waals surface area contributed by atoms with E-state index >= 15 is 0 Å². The topological polar surface area (TPSA) is 89.0 Å². The Morgan fingerprint density at radius 3 is 2.64 bits per heavy atom. The zero-order valence-corrected chi connectivity index (χ0v) is 14.1. The molecule has 0 spiro atoms. The lowest BCUT2D eigenvalue weighted by molar-refractivity contribution is -0.136. The molecular formula is C16H11Cl2N3O4. The maximum atomic E-state index is 11.9. The second-order valence-electron chi connectivity index (χ2n) is 4.89. The van der Waals surface area contributed by atoms with Gasteiger partial charge in [-0.2, -0.15) is 5.10 Å². The smallest absolute Gasteiger partial charge is 0.329 e. The summed E-state index contributed by atoms with van der Waals surface area (Å²) in [5.41, 5.74) is 3.06. The Morgan fingerprint density at radius 2 is 1.84 bits per heavy atom. The normalized spacial score (nSPS) is 12.2. The van der Waals surface area contributed by atoms with Gasteiger partial charge >= 0.3 is 11.8 Å². The molecule has 0 saturated heterocycles. The van der Waals surface area contributed by atoms with E-state index in [2.05, 4.69) is 15.8 Å². The molecule has 0 aromatic heterocycles. The van der Waals surface area contributed by atoms with Gasteiger partial charge in [-0.3, -0.25) is 9.59 Å². The van der Waals surface area contributed by atoms with Gasteiger partial charge in [0.1, 0.15) is 0 Å². The number of hydrogen-bond donors (Lipinski definition) is 2. The zero-order chi connectivity index (χ0) is 17.8. The number of benzene rings is 2. The van der Waals surface area contributed by atoms with E-state index in [9.17, 15) is 9.59 Å². The van der Waals surface area contributed by atoms with Gasteiger partial charge < -0.3 is 14.8 Å². The average molecular weight is 380 g/mol. The minimum absolute atomic E-state index is 0.120. The standard InChI is InChI=1S/C16H11Cl2N3O4/c17-10-2-1-9(12(18)5-10)7-19-21-16(23)15(22)20-11-3-4-13-14(6-11)25-8-24-13/h1-7H,8H2,(H,20,22)(H,21,23)/b19-7-. The minimum atomic E-state index is -0.931. The van der Waals surface area contributed by atoms with Crippen molar-refractivity contribution in [2.45, 2.75) is 0 Å². The number of anilines is 1. The molecule has 1 heterocycles. The summed E-state index contributed by atoms with van der Waals surface area (Å²) in [5.74, 6) is -0.738. The zero-order valence-electron chi connectivity index (χ0n) is 12.6. The Balaban J connectivity index is 1.57. The van der Waals surface area contributed by atoms with Crippen LogP contribution in [0.1, 0.15) is 5.56 Å². The molecule has 0 aliphatic carbocycles. The molecule has 128 valence electrons. The summed E-state index contributed by atoms with van der Waals surface area (Å²) < 4.78 is 10.4. The molecule has 25 heavy (non-hydrogen) atoms. The Kier molecular flexibility index (Phi) is 5.06. The van der Waals surface area contributed by atoms with E-state index in [1.54, 1.807) is 36.4 Å². The van der Waals surface area contributed by atoms with E-state index in [1.165, 1.54) is 6.21 Å². The third-order valence-corrected chi connectivity index (χ3v) is 3.73. The van der Waals surface area contributed by atoms with E-state index in [0.717, 1.165) is 0 Å². The Bertz CT molecular complexity index is 870. The molecule has 9 heteroatoms. The second-order valence-corrected chi connectivity index (χ2v) is 5.73. The van der Waals surface area contributed by atoms with Gasteiger partial charge in [0.05, 0.1) is 11.2 Å². The first-order chi connectivity index (χ1) is 12.0. The summed E-state index contributed by atoms with van der Waals surface area (Å²) in [5, 5.41) is 6.98. The van der Waals surface area contributed by atoms with Crippen LogP contribution in [-0.2, 0) is 9.59 Å². The van der Waals surface area contributed by atoms with Crippen LogP contribution < -0.4 is 20.2 Å². The predicted molar refractivity (Wildman–Crippen MR) is 93.4 cm³/mol. The van der Waals surface area contributed by atoms with Gasteiger partial charge in [0.2, 0.25) is 6.79 Å². The molecule has 2 aromatic rings. The van der Waals surface area contributed by atoms with Gasteiger partial charge in [0.15, 0.2) is 11.5 Å². The number of hydrazone groups is 1. The number of halogens is 2. The molecule has 0 atom stereocenters. The highest BCUT2D eigenvalue weighted by Crippen LogP contribution is 2.34. The van der Waals surface area contributed by atoms with Crippen LogP contribution in [0.2, 0.25) is 10.0 Å². The maximum absolute atomic E-state index is 11.9. The number of ether oxygens (including phenoxy) is 2. The number of rotatable bonds is 3. The summed E-state index contributed by atoms with van der Waals surface area (Å²) in [4.78, 5) is 23.6. The van der Waals surface area contributed by atoms with Crippen molar-refractivity contribution < 1.29 is 19.1 Å². The van der Waals surface area contributed by atoms with Gasteiger partial charge in [0.25, 0.3) is 0 Å². The maximum Gasteiger partial charge on any atom is 0.329 e. The van der Waals surface area contributed by atoms with Gasteiger partial charge in [-0.1, -0.05) is 29.3 Å². The fourth-order valence-corrected chi connectivity index (χ4v) is 2.44. The lowest BCUT2D eigenvalue weighted by Gasteiger charge is -2.05. The van der Waals surface area contributed by atoms with Crippen LogP contribution in [0.25, 0.3) is 0 Å². The number of nitrogens with one attached hydrogen (secondary N) is 2. The van der Waals surface area contributed by atoms with Crippen molar-refractivity contribution in [2.24, 2.45) is 5.10 Å². The highest BCUT2D eigenvalue weighted by atomic mass is 35.5. The number of nitrogens with zero attached hydrogens (tertiary/aromatic N) is 1. The van der Waals surface area contributed by atoms with Crippen molar-refractivity contribution in [2.75, 3.05) is 12.1 Å². The third-order valence-electron chi connectivity index (χ3n) is 3.17. The number of fused-ring (bicyclic) bond motifs is 1. The van der Waals surface area contributed by atoms with Crippen LogP contribution in [0, 0.1) is 0 Å². The largest absolute Gasteiger partial charge is 0.454 e.